The van der Waals surface area contributed by atoms with Crippen LogP contribution in [0.25, 0.3) is 0 Å². The van der Waals surface area contributed by atoms with Crippen LogP contribution in [0.2, 0.25) is 0 Å². The van der Waals surface area contributed by atoms with Gasteiger partial charge in [0.2, 0.25) is 17.8 Å². The normalized spacial score (nSPS) is 27.0. The van der Waals surface area contributed by atoms with Crippen molar-refractivity contribution in [2.24, 2.45) is 5.41 Å². The smallest absolute Gasteiger partial charge is 0.236 e. The highest BCUT2D eigenvalue weighted by Gasteiger charge is 2.46. The maximum Gasteiger partial charge on any atom is 0.236 e. The fourth-order valence-electron chi connectivity index (χ4n) is 4.26. The molecule has 1 spiro atoms. The van der Waals surface area contributed by atoms with Crippen molar-refractivity contribution in [3.63, 3.8) is 0 Å². The number of piperazine rings is 1. The quantitative estimate of drug-likeness (QED) is 0.801. The van der Waals surface area contributed by atoms with Gasteiger partial charge in [0.15, 0.2) is 0 Å². The average Bonchev–Trinajstić information content (AvgIpc) is 3.11. The van der Waals surface area contributed by atoms with E-state index < -0.39 is 0 Å². The molecule has 3 aliphatic rings. The second-order valence-corrected chi connectivity index (χ2v) is 7.52. The number of carbonyl (C=O) groups excluding carboxylic acids is 2. The molecule has 2 amide bonds. The van der Waals surface area contributed by atoms with Gasteiger partial charge in [0.1, 0.15) is 0 Å². The average molecular weight is 358 g/mol. The number of aromatic nitrogens is 2. The fraction of sp³-hybridized carbons (Fsp3) is 0.667. The van der Waals surface area contributed by atoms with Crippen LogP contribution in [0.15, 0.2) is 18.5 Å². The number of hydrogen-bond donors (Lipinski definition) is 1. The van der Waals surface area contributed by atoms with Crippen molar-refractivity contribution in [3.05, 3.63) is 18.5 Å². The molecule has 0 bridgehead atoms. The third-order valence-electron chi connectivity index (χ3n) is 5.87. The zero-order chi connectivity index (χ0) is 18.0. The third-order valence-corrected chi connectivity index (χ3v) is 5.87. The molecule has 26 heavy (non-hydrogen) atoms. The lowest BCUT2D eigenvalue weighted by molar-refractivity contribution is -0.135. The van der Waals surface area contributed by atoms with E-state index in [2.05, 4.69) is 25.1 Å². The summed E-state index contributed by atoms with van der Waals surface area (Å²) in [5.74, 6) is 1.03. The van der Waals surface area contributed by atoms with Gasteiger partial charge in [-0.05, 0) is 25.3 Å². The predicted octanol–water partition coefficient (Wildman–Crippen LogP) is -0.273. The standard InChI is InChI=1S/C18H26N6O2/c25-15(24-8-4-18(14-24)3-1-5-19-16(18)26)13-22-9-11-23(12-10-22)17-20-6-2-7-21-17/h2,6-7H,1,3-5,8-14H2,(H,19,26)/t18-/m1/s1. The number of piperidine rings is 1. The van der Waals surface area contributed by atoms with Crippen LogP contribution >= 0.6 is 0 Å². The van der Waals surface area contributed by atoms with Crippen LogP contribution < -0.4 is 10.2 Å². The molecule has 3 saturated heterocycles. The second-order valence-electron chi connectivity index (χ2n) is 7.52. The van der Waals surface area contributed by atoms with E-state index in [-0.39, 0.29) is 17.2 Å². The summed E-state index contributed by atoms with van der Waals surface area (Å²) < 4.78 is 0. The molecule has 1 atom stereocenters. The predicted molar refractivity (Wildman–Crippen MR) is 96.6 cm³/mol. The molecule has 140 valence electrons. The number of nitrogens with one attached hydrogen (secondary N) is 1. The fourth-order valence-corrected chi connectivity index (χ4v) is 4.26. The van der Waals surface area contributed by atoms with E-state index in [4.69, 9.17) is 0 Å². The van der Waals surface area contributed by atoms with E-state index in [0.29, 0.717) is 19.6 Å². The van der Waals surface area contributed by atoms with Gasteiger partial charge in [-0.1, -0.05) is 0 Å². The zero-order valence-corrected chi connectivity index (χ0v) is 15.1. The number of rotatable bonds is 3. The van der Waals surface area contributed by atoms with Crippen LogP contribution in [0.3, 0.4) is 0 Å². The van der Waals surface area contributed by atoms with Crippen LogP contribution in [0.5, 0.6) is 0 Å². The summed E-state index contributed by atoms with van der Waals surface area (Å²) in [7, 11) is 0. The van der Waals surface area contributed by atoms with Gasteiger partial charge in [-0.15, -0.1) is 0 Å². The van der Waals surface area contributed by atoms with Gasteiger partial charge in [-0.2, -0.15) is 0 Å². The Morgan fingerprint density at radius 3 is 2.62 bits per heavy atom. The Morgan fingerprint density at radius 2 is 1.88 bits per heavy atom. The summed E-state index contributed by atoms with van der Waals surface area (Å²) >= 11 is 0. The summed E-state index contributed by atoms with van der Waals surface area (Å²) in [4.78, 5) is 39.8. The van der Waals surface area contributed by atoms with Crippen molar-refractivity contribution in [2.75, 3.05) is 57.3 Å². The van der Waals surface area contributed by atoms with Crippen molar-refractivity contribution >= 4 is 17.8 Å². The molecule has 0 unspecified atom stereocenters. The van der Waals surface area contributed by atoms with E-state index >= 15 is 0 Å². The molecule has 0 aliphatic carbocycles. The Labute approximate surface area is 153 Å². The van der Waals surface area contributed by atoms with Crippen LogP contribution in [0.4, 0.5) is 5.95 Å². The Hall–Kier alpha value is -2.22. The minimum atomic E-state index is -0.336. The van der Waals surface area contributed by atoms with E-state index in [1.165, 1.54) is 0 Å². The lowest BCUT2D eigenvalue weighted by atomic mass is 9.79. The second kappa shape index (κ2) is 7.19. The highest BCUT2D eigenvalue weighted by Crippen LogP contribution is 2.37. The number of amides is 2. The van der Waals surface area contributed by atoms with Crippen molar-refractivity contribution in [2.45, 2.75) is 19.3 Å². The molecule has 0 saturated carbocycles. The molecule has 0 aromatic carbocycles. The number of nitrogens with zero attached hydrogens (tertiary/aromatic N) is 5. The first-order valence-corrected chi connectivity index (χ1v) is 9.47. The van der Waals surface area contributed by atoms with E-state index in [0.717, 1.165) is 57.9 Å². The lowest BCUT2D eigenvalue weighted by Gasteiger charge is -2.35. The van der Waals surface area contributed by atoms with Crippen LogP contribution in [0.1, 0.15) is 19.3 Å². The number of hydrogen-bond acceptors (Lipinski definition) is 6. The molecule has 4 heterocycles. The SMILES string of the molecule is O=C(CN1CCN(c2ncccn2)CC1)N1CC[C@]2(CCCNC2=O)C1. The summed E-state index contributed by atoms with van der Waals surface area (Å²) in [6, 6.07) is 1.81. The highest BCUT2D eigenvalue weighted by atomic mass is 16.2. The Bertz CT molecular complexity index is 661. The molecule has 3 aliphatic heterocycles. The van der Waals surface area contributed by atoms with Crippen molar-refractivity contribution in [1.82, 2.24) is 25.1 Å². The number of anilines is 1. The number of likely N-dealkylation sites (tertiary alicyclic amines) is 1. The molecule has 1 aromatic rings. The molecule has 1 N–H and O–H groups in total. The molecule has 8 heteroatoms. The van der Waals surface area contributed by atoms with Gasteiger partial charge in [-0.3, -0.25) is 14.5 Å². The molecular formula is C18H26N6O2. The summed E-state index contributed by atoms with van der Waals surface area (Å²) in [5, 5.41) is 2.97. The van der Waals surface area contributed by atoms with E-state index in [9.17, 15) is 9.59 Å². The van der Waals surface area contributed by atoms with Crippen molar-refractivity contribution in [3.8, 4) is 0 Å². The largest absolute Gasteiger partial charge is 0.356 e. The number of carbonyl (C=O) groups is 2. The first kappa shape index (κ1) is 17.2. The lowest BCUT2D eigenvalue weighted by Crippen LogP contribution is -2.51. The van der Waals surface area contributed by atoms with Gasteiger partial charge in [-0.25, -0.2) is 9.97 Å². The molecule has 4 rings (SSSR count). The molecule has 0 radical (unpaired) electrons. The molecule has 3 fully saturated rings. The van der Waals surface area contributed by atoms with Gasteiger partial charge in [0.05, 0.1) is 12.0 Å². The van der Waals surface area contributed by atoms with Crippen LogP contribution in [-0.2, 0) is 9.59 Å². The van der Waals surface area contributed by atoms with E-state index in [1.807, 2.05) is 11.0 Å². The maximum absolute atomic E-state index is 12.7. The van der Waals surface area contributed by atoms with Gasteiger partial charge < -0.3 is 15.1 Å². The first-order chi connectivity index (χ1) is 12.7. The third kappa shape index (κ3) is 3.38. The van der Waals surface area contributed by atoms with Gasteiger partial charge >= 0.3 is 0 Å². The van der Waals surface area contributed by atoms with Crippen molar-refractivity contribution in [1.29, 1.82) is 0 Å². The van der Waals surface area contributed by atoms with Gasteiger partial charge in [0, 0.05) is 58.2 Å². The zero-order valence-electron chi connectivity index (χ0n) is 15.1. The van der Waals surface area contributed by atoms with Crippen LogP contribution in [-0.4, -0.2) is 83.9 Å². The van der Waals surface area contributed by atoms with Crippen molar-refractivity contribution < 1.29 is 9.59 Å². The maximum atomic E-state index is 12.7. The summed E-state index contributed by atoms with van der Waals surface area (Å²) in [5.41, 5.74) is -0.336. The highest BCUT2D eigenvalue weighted by molar-refractivity contribution is 5.86. The summed E-state index contributed by atoms with van der Waals surface area (Å²) in [6.07, 6.45) is 6.21. The van der Waals surface area contributed by atoms with E-state index in [1.54, 1.807) is 12.4 Å². The molecule has 1 aromatic heterocycles. The minimum Gasteiger partial charge on any atom is -0.356 e. The Morgan fingerprint density at radius 1 is 1.12 bits per heavy atom. The van der Waals surface area contributed by atoms with Crippen LogP contribution in [0, 0.1) is 5.41 Å². The Kier molecular flexibility index (Phi) is 4.76. The summed E-state index contributed by atoms with van der Waals surface area (Å²) in [6.45, 7) is 5.77. The van der Waals surface area contributed by atoms with Gasteiger partial charge in [0.25, 0.3) is 0 Å². The topological polar surface area (TPSA) is 81.7 Å². The molecule has 8 nitrogen and oxygen atoms in total. The molecular weight excluding hydrogens is 332 g/mol. The monoisotopic (exact) mass is 358 g/mol. The Balaban J connectivity index is 1.28. The minimum absolute atomic E-state index is 0.135. The first-order valence-electron chi connectivity index (χ1n) is 9.47.